The van der Waals surface area contributed by atoms with Crippen molar-refractivity contribution in [2.75, 3.05) is 26.4 Å². The van der Waals surface area contributed by atoms with Gasteiger partial charge >= 0.3 is 19.8 Å². The van der Waals surface area contributed by atoms with Crippen LogP contribution in [0.4, 0.5) is 0 Å². The Labute approximate surface area is 288 Å². The predicted molar refractivity (Wildman–Crippen MR) is 192 cm³/mol. The molecule has 0 bridgehead atoms. The fourth-order valence-corrected chi connectivity index (χ4v) is 6.06. The number of carbonyl (C=O) groups excluding carboxylic acids is 2. The van der Waals surface area contributed by atoms with Gasteiger partial charge in [-0.3, -0.25) is 18.6 Å². The van der Waals surface area contributed by atoms with Gasteiger partial charge in [-0.2, -0.15) is 0 Å². The van der Waals surface area contributed by atoms with Gasteiger partial charge in [0, 0.05) is 19.4 Å². The lowest BCUT2D eigenvalue weighted by Gasteiger charge is -2.19. The monoisotopic (exact) mass is 689 g/mol. The van der Waals surface area contributed by atoms with Crippen molar-refractivity contribution in [1.29, 1.82) is 0 Å². The van der Waals surface area contributed by atoms with Gasteiger partial charge in [0.1, 0.15) is 6.61 Å². The molecule has 0 aromatic rings. The fraction of sp³-hybridized carbons (Fsp3) is 0.892. The van der Waals surface area contributed by atoms with Crippen molar-refractivity contribution in [3.8, 4) is 0 Å². The Morgan fingerprint density at radius 2 is 1.09 bits per heavy atom. The molecule has 0 fully saturated rings. The summed E-state index contributed by atoms with van der Waals surface area (Å²) >= 11 is 0. The van der Waals surface area contributed by atoms with E-state index in [1.165, 1.54) is 116 Å². The largest absolute Gasteiger partial charge is 0.472 e. The molecule has 0 radical (unpaired) electrons. The van der Waals surface area contributed by atoms with E-state index in [0.29, 0.717) is 12.8 Å². The van der Waals surface area contributed by atoms with E-state index in [4.69, 9.17) is 24.3 Å². The third-order valence-electron chi connectivity index (χ3n) is 8.16. The van der Waals surface area contributed by atoms with Crippen LogP contribution in [0.1, 0.15) is 181 Å². The van der Waals surface area contributed by atoms with E-state index in [9.17, 15) is 19.0 Å². The van der Waals surface area contributed by atoms with Gasteiger partial charge in [-0.1, -0.05) is 154 Å². The number of hydrogen-bond acceptors (Lipinski definition) is 8. The smallest absolute Gasteiger partial charge is 0.462 e. The van der Waals surface area contributed by atoms with Crippen molar-refractivity contribution in [3.05, 3.63) is 12.2 Å². The molecule has 0 aromatic carbocycles. The molecule has 9 nitrogen and oxygen atoms in total. The van der Waals surface area contributed by atoms with Gasteiger partial charge in [0.05, 0.1) is 13.2 Å². The molecule has 0 saturated carbocycles. The topological polar surface area (TPSA) is 134 Å². The number of ether oxygens (including phenoxy) is 2. The van der Waals surface area contributed by atoms with Crippen LogP contribution in [0.3, 0.4) is 0 Å². The Morgan fingerprint density at radius 3 is 1.60 bits per heavy atom. The molecule has 278 valence electrons. The zero-order chi connectivity index (χ0) is 34.7. The van der Waals surface area contributed by atoms with Crippen LogP contribution in [0.25, 0.3) is 0 Å². The third kappa shape index (κ3) is 34.4. The highest BCUT2D eigenvalue weighted by Gasteiger charge is 2.25. The first-order chi connectivity index (χ1) is 22.8. The van der Waals surface area contributed by atoms with E-state index < -0.39 is 32.5 Å². The Hall–Kier alpha value is -1.25. The van der Waals surface area contributed by atoms with Gasteiger partial charge in [0.25, 0.3) is 0 Å². The second-order valence-electron chi connectivity index (χ2n) is 12.8. The lowest BCUT2D eigenvalue weighted by molar-refractivity contribution is -0.161. The maximum Gasteiger partial charge on any atom is 0.472 e. The summed E-state index contributed by atoms with van der Waals surface area (Å²) in [6.07, 6.45) is 32.5. The molecule has 0 aliphatic heterocycles. The molecule has 0 aromatic heterocycles. The average molecular weight is 690 g/mol. The SMILES string of the molecule is CCCCCCCCCCCCC/C=C/CCC(=O)OC[C@H](COP(=O)(O)OCCN)OC(=O)CCCCCCCCCCCCC. The first kappa shape index (κ1) is 45.8. The summed E-state index contributed by atoms with van der Waals surface area (Å²) in [4.78, 5) is 34.6. The Bertz CT molecular complexity index is 794. The van der Waals surface area contributed by atoms with Gasteiger partial charge in [0.15, 0.2) is 6.10 Å². The normalized spacial score (nSPS) is 13.5. The van der Waals surface area contributed by atoms with Gasteiger partial charge in [-0.25, -0.2) is 4.57 Å². The minimum absolute atomic E-state index is 0.0522. The van der Waals surface area contributed by atoms with Gasteiger partial charge in [0.2, 0.25) is 0 Å². The minimum atomic E-state index is -4.37. The lowest BCUT2D eigenvalue weighted by Crippen LogP contribution is -2.29. The number of esters is 2. The summed E-state index contributed by atoms with van der Waals surface area (Å²) in [7, 11) is -4.37. The first-order valence-corrected chi connectivity index (χ1v) is 20.7. The Balaban J connectivity index is 4.23. The van der Waals surface area contributed by atoms with E-state index in [-0.39, 0.29) is 32.6 Å². The molecule has 0 spiro atoms. The summed E-state index contributed by atoms with van der Waals surface area (Å²) in [6.45, 7) is 3.68. The molecule has 0 aliphatic carbocycles. The number of carbonyl (C=O) groups is 2. The lowest BCUT2D eigenvalue weighted by atomic mass is 10.1. The molecule has 0 saturated heterocycles. The summed E-state index contributed by atoms with van der Waals surface area (Å²) in [5.74, 6) is -0.881. The van der Waals surface area contributed by atoms with Crippen LogP contribution >= 0.6 is 7.82 Å². The van der Waals surface area contributed by atoms with Gasteiger partial charge in [-0.15, -0.1) is 0 Å². The Kier molecular flexibility index (Phi) is 33.7. The first-order valence-electron chi connectivity index (χ1n) is 19.2. The number of unbranched alkanes of at least 4 members (excludes halogenated alkanes) is 21. The number of hydrogen-bond donors (Lipinski definition) is 2. The van der Waals surface area contributed by atoms with E-state index in [1.807, 2.05) is 6.08 Å². The van der Waals surface area contributed by atoms with E-state index in [2.05, 4.69) is 19.9 Å². The molecule has 47 heavy (non-hydrogen) atoms. The van der Waals surface area contributed by atoms with Crippen molar-refractivity contribution >= 4 is 19.8 Å². The van der Waals surface area contributed by atoms with E-state index in [1.54, 1.807) is 0 Å². The van der Waals surface area contributed by atoms with Gasteiger partial charge in [-0.05, 0) is 25.7 Å². The maximum atomic E-state index is 12.5. The number of rotatable bonds is 36. The number of nitrogens with two attached hydrogens (primary N) is 1. The zero-order valence-electron chi connectivity index (χ0n) is 30.3. The van der Waals surface area contributed by atoms with Crippen LogP contribution in [-0.4, -0.2) is 49.3 Å². The fourth-order valence-electron chi connectivity index (χ4n) is 5.30. The highest BCUT2D eigenvalue weighted by molar-refractivity contribution is 7.47. The molecule has 1 unspecified atom stereocenters. The maximum absolute atomic E-state index is 12.5. The number of phosphoric ester groups is 1. The highest BCUT2D eigenvalue weighted by Crippen LogP contribution is 2.43. The average Bonchev–Trinajstić information content (AvgIpc) is 3.05. The van der Waals surface area contributed by atoms with Crippen LogP contribution in [0.5, 0.6) is 0 Å². The summed E-state index contributed by atoms with van der Waals surface area (Å²) in [5, 5.41) is 0. The molecular formula is C37H72NO8P. The summed E-state index contributed by atoms with van der Waals surface area (Å²) in [6, 6.07) is 0. The minimum Gasteiger partial charge on any atom is -0.462 e. The van der Waals surface area contributed by atoms with Crippen molar-refractivity contribution in [2.45, 2.75) is 187 Å². The quantitative estimate of drug-likeness (QED) is 0.0285. The number of allylic oxidation sites excluding steroid dienone is 2. The van der Waals surface area contributed by atoms with Crippen molar-refractivity contribution < 1.29 is 37.6 Å². The van der Waals surface area contributed by atoms with Crippen LogP contribution in [0, 0.1) is 0 Å². The van der Waals surface area contributed by atoms with E-state index in [0.717, 1.165) is 25.7 Å². The molecule has 0 aliphatic rings. The van der Waals surface area contributed by atoms with Crippen molar-refractivity contribution in [2.24, 2.45) is 5.73 Å². The standard InChI is InChI=1S/C37H72NO8P/c1-3-5-7-9-11-13-15-16-17-18-20-21-23-25-27-29-36(39)43-33-35(34-45-47(41,42)44-32-31-38)46-37(40)30-28-26-24-22-19-14-12-10-8-6-4-2/h23,25,35H,3-22,24,26-34,38H2,1-2H3,(H,41,42)/b25-23+/t35-/m1/s1. The zero-order valence-corrected chi connectivity index (χ0v) is 31.2. The molecule has 2 atom stereocenters. The number of phosphoric acid groups is 1. The Morgan fingerprint density at radius 1 is 0.617 bits per heavy atom. The molecular weight excluding hydrogens is 617 g/mol. The summed E-state index contributed by atoms with van der Waals surface area (Å²) < 4.78 is 32.6. The molecule has 0 rings (SSSR count). The van der Waals surface area contributed by atoms with Crippen molar-refractivity contribution in [1.82, 2.24) is 0 Å². The van der Waals surface area contributed by atoms with Crippen molar-refractivity contribution in [3.63, 3.8) is 0 Å². The van der Waals surface area contributed by atoms with Crippen LogP contribution < -0.4 is 5.73 Å². The molecule has 10 heteroatoms. The third-order valence-corrected chi connectivity index (χ3v) is 9.15. The van der Waals surface area contributed by atoms with Crippen LogP contribution in [-0.2, 0) is 32.7 Å². The second-order valence-corrected chi connectivity index (χ2v) is 14.3. The van der Waals surface area contributed by atoms with Crippen LogP contribution in [0.2, 0.25) is 0 Å². The summed E-state index contributed by atoms with van der Waals surface area (Å²) in [5.41, 5.74) is 5.32. The molecule has 3 N–H and O–H groups in total. The molecule has 0 heterocycles. The highest BCUT2D eigenvalue weighted by atomic mass is 31.2. The predicted octanol–water partition coefficient (Wildman–Crippen LogP) is 10.3. The van der Waals surface area contributed by atoms with E-state index >= 15 is 0 Å². The van der Waals surface area contributed by atoms with Gasteiger partial charge < -0.3 is 20.1 Å². The molecule has 0 amide bonds. The van der Waals surface area contributed by atoms with Crippen LogP contribution in [0.15, 0.2) is 12.2 Å². The second kappa shape index (κ2) is 34.6.